The molecule has 0 spiro atoms. The Morgan fingerprint density at radius 2 is 1.61 bits per heavy atom. The highest BCUT2D eigenvalue weighted by Crippen LogP contribution is 2.48. The molecule has 1 unspecified atom stereocenters. The van der Waals surface area contributed by atoms with Crippen LogP contribution in [-0.2, 0) is 6.42 Å². The van der Waals surface area contributed by atoms with Crippen LogP contribution in [-0.4, -0.2) is 4.98 Å². The van der Waals surface area contributed by atoms with Crippen molar-refractivity contribution in [3.63, 3.8) is 0 Å². The molecule has 182 valence electrons. The number of hydrogen-bond acceptors (Lipinski definition) is 1. The molecular formula is C35H37N. The van der Waals surface area contributed by atoms with Crippen LogP contribution in [0.25, 0.3) is 33.2 Å². The lowest BCUT2D eigenvalue weighted by atomic mass is 9.87. The van der Waals surface area contributed by atoms with Crippen molar-refractivity contribution in [1.82, 2.24) is 4.98 Å². The zero-order chi connectivity index (χ0) is 24.4. The predicted molar refractivity (Wildman–Crippen MR) is 152 cm³/mol. The lowest BCUT2D eigenvalue weighted by Crippen LogP contribution is -2.05. The van der Waals surface area contributed by atoms with E-state index in [2.05, 4.69) is 81.4 Å². The number of aryl methyl sites for hydroxylation is 1. The van der Waals surface area contributed by atoms with Crippen molar-refractivity contribution in [1.29, 1.82) is 0 Å². The molecule has 1 heteroatoms. The smallest absolute Gasteiger partial charge is 0.0786 e. The largest absolute Gasteiger partial charge is 0.252 e. The third-order valence-corrected chi connectivity index (χ3v) is 9.41. The van der Waals surface area contributed by atoms with Crippen LogP contribution in [0.15, 0.2) is 60.7 Å². The van der Waals surface area contributed by atoms with Crippen LogP contribution in [0.3, 0.4) is 0 Å². The molecule has 1 atom stereocenters. The molecule has 1 aromatic heterocycles. The second kappa shape index (κ2) is 8.30. The number of aromatic nitrogens is 1. The Kier molecular flexibility index (Phi) is 5.14. The van der Waals surface area contributed by atoms with Crippen molar-refractivity contribution in [2.45, 2.75) is 84.0 Å². The highest BCUT2D eigenvalue weighted by atomic mass is 14.7. The van der Waals surface area contributed by atoms with Gasteiger partial charge in [-0.25, -0.2) is 0 Å². The molecule has 0 N–H and O–H groups in total. The third kappa shape index (κ3) is 3.71. The summed E-state index contributed by atoms with van der Waals surface area (Å²) in [5.41, 5.74) is 12.9. The van der Waals surface area contributed by atoms with Gasteiger partial charge in [0.25, 0.3) is 0 Å². The molecule has 2 saturated carbocycles. The van der Waals surface area contributed by atoms with Crippen molar-refractivity contribution < 1.29 is 0 Å². The van der Waals surface area contributed by atoms with Gasteiger partial charge >= 0.3 is 0 Å². The Balaban J connectivity index is 1.42. The fraction of sp³-hybridized carbons (Fsp3) is 0.400. The van der Waals surface area contributed by atoms with E-state index in [1.165, 1.54) is 106 Å². The first-order valence-corrected chi connectivity index (χ1v) is 14.1. The molecule has 7 rings (SSSR count). The highest BCUT2D eigenvalue weighted by Gasteiger charge is 2.32. The molecule has 0 bridgehead atoms. The third-order valence-electron chi connectivity index (χ3n) is 9.41. The molecule has 1 heterocycles. The van der Waals surface area contributed by atoms with Gasteiger partial charge in [0, 0.05) is 22.6 Å². The minimum Gasteiger partial charge on any atom is -0.252 e. The Hall–Kier alpha value is -2.93. The van der Waals surface area contributed by atoms with E-state index in [1.54, 1.807) is 0 Å². The van der Waals surface area contributed by atoms with E-state index < -0.39 is 0 Å². The predicted octanol–water partition coefficient (Wildman–Crippen LogP) is 9.73. The van der Waals surface area contributed by atoms with E-state index in [4.69, 9.17) is 4.98 Å². The Morgan fingerprint density at radius 3 is 2.42 bits per heavy atom. The number of pyridine rings is 1. The topological polar surface area (TPSA) is 12.9 Å². The fourth-order valence-electron chi connectivity index (χ4n) is 7.49. The monoisotopic (exact) mass is 471 g/mol. The van der Waals surface area contributed by atoms with E-state index in [0.717, 1.165) is 6.42 Å². The molecule has 0 amide bonds. The van der Waals surface area contributed by atoms with Gasteiger partial charge in [0.15, 0.2) is 0 Å². The summed E-state index contributed by atoms with van der Waals surface area (Å²) in [5.74, 6) is 1.30. The Labute approximate surface area is 216 Å². The summed E-state index contributed by atoms with van der Waals surface area (Å²) in [6.45, 7) is 7.11. The van der Waals surface area contributed by atoms with E-state index >= 15 is 0 Å². The van der Waals surface area contributed by atoms with Crippen LogP contribution >= 0.6 is 0 Å². The van der Waals surface area contributed by atoms with Gasteiger partial charge in [0.2, 0.25) is 0 Å². The minimum atomic E-state index is 0.467. The van der Waals surface area contributed by atoms with Gasteiger partial charge in [0.05, 0.1) is 5.69 Å². The van der Waals surface area contributed by atoms with Crippen molar-refractivity contribution in [3.05, 3.63) is 88.6 Å². The standard InChI is InChI=1S/C35H37N/c1-22-16-30-28-11-7-6-10-25(28)19-31(30)32(17-22)34-29-13-12-24(26-14-15-35(2,3)21-26)18-27(29)20-33(36-34)23-8-4-5-9-23/h6-7,10-13,16-18,20,23,26H,4-5,8-9,14-15,19,21H2,1-3H3. The summed E-state index contributed by atoms with van der Waals surface area (Å²) in [6.07, 6.45) is 10.2. The van der Waals surface area contributed by atoms with E-state index in [1.807, 2.05) is 0 Å². The van der Waals surface area contributed by atoms with Gasteiger partial charge in [0.1, 0.15) is 0 Å². The lowest BCUT2D eigenvalue weighted by Gasteiger charge is -2.19. The summed E-state index contributed by atoms with van der Waals surface area (Å²) in [6, 6.07) is 23.5. The normalized spacial score (nSPS) is 20.7. The highest BCUT2D eigenvalue weighted by molar-refractivity contribution is 5.98. The number of rotatable bonds is 3. The summed E-state index contributed by atoms with van der Waals surface area (Å²) in [4.78, 5) is 5.48. The molecule has 4 aromatic rings. The summed E-state index contributed by atoms with van der Waals surface area (Å²) in [7, 11) is 0. The van der Waals surface area contributed by atoms with Gasteiger partial charge in [-0.2, -0.15) is 0 Å². The molecule has 3 aliphatic carbocycles. The van der Waals surface area contributed by atoms with Crippen LogP contribution in [0.4, 0.5) is 0 Å². The van der Waals surface area contributed by atoms with Crippen molar-refractivity contribution in [2.75, 3.05) is 0 Å². The zero-order valence-electron chi connectivity index (χ0n) is 22.0. The summed E-state index contributed by atoms with van der Waals surface area (Å²) < 4.78 is 0. The van der Waals surface area contributed by atoms with Gasteiger partial charge in [-0.15, -0.1) is 0 Å². The van der Waals surface area contributed by atoms with Crippen LogP contribution in [0, 0.1) is 12.3 Å². The van der Waals surface area contributed by atoms with E-state index in [9.17, 15) is 0 Å². The van der Waals surface area contributed by atoms with Gasteiger partial charge in [-0.05, 0) is 108 Å². The first-order valence-electron chi connectivity index (χ1n) is 14.1. The van der Waals surface area contributed by atoms with Crippen molar-refractivity contribution >= 4 is 10.8 Å². The molecule has 1 nitrogen and oxygen atoms in total. The fourth-order valence-corrected chi connectivity index (χ4v) is 7.49. The molecular weight excluding hydrogens is 434 g/mol. The van der Waals surface area contributed by atoms with E-state index in [-0.39, 0.29) is 0 Å². The molecule has 0 aliphatic heterocycles. The molecule has 2 fully saturated rings. The first-order chi connectivity index (χ1) is 17.4. The summed E-state index contributed by atoms with van der Waals surface area (Å²) in [5, 5.41) is 2.72. The second-order valence-corrected chi connectivity index (χ2v) is 12.6. The SMILES string of the molecule is Cc1cc2c(c(-c3nc(C4CCCC4)cc4cc(C5CCC(C)(C)C5)ccc34)c1)Cc1ccccc1-2. The molecule has 0 saturated heterocycles. The van der Waals surface area contributed by atoms with Crippen LogP contribution < -0.4 is 0 Å². The molecule has 3 aliphatic rings. The van der Waals surface area contributed by atoms with E-state index in [0.29, 0.717) is 17.3 Å². The minimum absolute atomic E-state index is 0.467. The lowest BCUT2D eigenvalue weighted by molar-refractivity contribution is 0.376. The molecule has 3 aromatic carbocycles. The van der Waals surface area contributed by atoms with Crippen molar-refractivity contribution in [2.24, 2.45) is 5.41 Å². The summed E-state index contributed by atoms with van der Waals surface area (Å²) >= 11 is 0. The number of hydrogen-bond donors (Lipinski definition) is 0. The quantitative estimate of drug-likeness (QED) is 0.255. The Morgan fingerprint density at radius 1 is 0.806 bits per heavy atom. The maximum absolute atomic E-state index is 5.48. The van der Waals surface area contributed by atoms with Gasteiger partial charge in [-0.1, -0.05) is 75.2 Å². The average Bonchev–Trinajstić information content (AvgIpc) is 3.61. The number of benzene rings is 3. The Bertz CT molecular complexity index is 1480. The van der Waals surface area contributed by atoms with Crippen molar-refractivity contribution in [3.8, 4) is 22.4 Å². The van der Waals surface area contributed by atoms with Crippen LogP contribution in [0.1, 0.15) is 98.6 Å². The maximum Gasteiger partial charge on any atom is 0.0786 e. The van der Waals surface area contributed by atoms with Crippen LogP contribution in [0.5, 0.6) is 0 Å². The average molecular weight is 472 g/mol. The molecule has 36 heavy (non-hydrogen) atoms. The maximum atomic E-state index is 5.48. The number of nitrogens with zero attached hydrogens (tertiary/aromatic N) is 1. The van der Waals surface area contributed by atoms with Crippen LogP contribution in [0.2, 0.25) is 0 Å². The molecule has 0 radical (unpaired) electrons. The van der Waals surface area contributed by atoms with Gasteiger partial charge in [-0.3, -0.25) is 4.98 Å². The first kappa shape index (κ1) is 22.3. The zero-order valence-corrected chi connectivity index (χ0v) is 22.0. The van der Waals surface area contributed by atoms with Gasteiger partial charge < -0.3 is 0 Å². The second-order valence-electron chi connectivity index (χ2n) is 12.6. The number of fused-ring (bicyclic) bond motifs is 4.